The van der Waals surface area contributed by atoms with Crippen molar-refractivity contribution in [2.75, 3.05) is 0 Å². The maximum atomic E-state index is 10.9. The monoisotopic (exact) mass is 334 g/mol. The average Bonchev–Trinajstić information content (AvgIpc) is 3.12. The highest BCUT2D eigenvalue weighted by atomic mass is 17.3. The Balaban J connectivity index is 1.22. The van der Waals surface area contributed by atoms with E-state index < -0.39 is 17.5 Å². The Morgan fingerprint density at radius 3 is 2.21 bits per heavy atom. The second-order valence-corrected chi connectivity index (χ2v) is 9.58. The molecule has 0 aromatic heterocycles. The summed E-state index contributed by atoms with van der Waals surface area (Å²) in [4.78, 5) is 22.9. The Kier molecular flexibility index (Phi) is 2.64. The molecule has 3 spiro atoms. The number of hydrogen-bond acceptors (Lipinski definition) is 4. The van der Waals surface area contributed by atoms with Gasteiger partial charge in [-0.2, -0.15) is 9.78 Å². The van der Waals surface area contributed by atoms with Crippen LogP contribution in [-0.2, 0) is 19.3 Å². The van der Waals surface area contributed by atoms with E-state index in [1.165, 1.54) is 32.1 Å². The molecular formula is C19H26O5. The van der Waals surface area contributed by atoms with Crippen LogP contribution >= 0.6 is 0 Å². The van der Waals surface area contributed by atoms with Gasteiger partial charge in [0.1, 0.15) is 0 Å². The van der Waals surface area contributed by atoms with Crippen molar-refractivity contribution in [1.29, 1.82) is 0 Å². The van der Waals surface area contributed by atoms with Crippen molar-refractivity contribution in [3.05, 3.63) is 0 Å². The quantitative estimate of drug-likeness (QED) is 0.783. The molecule has 1 saturated heterocycles. The molecule has 0 amide bonds. The summed E-state index contributed by atoms with van der Waals surface area (Å²) in [7, 11) is 0. The van der Waals surface area contributed by atoms with Gasteiger partial charge in [0.2, 0.25) is 11.6 Å². The minimum atomic E-state index is -0.698. The predicted molar refractivity (Wildman–Crippen MR) is 82.4 cm³/mol. The molecule has 1 heterocycles. The van der Waals surface area contributed by atoms with Gasteiger partial charge in [0.15, 0.2) is 0 Å². The van der Waals surface area contributed by atoms with E-state index in [0.29, 0.717) is 17.3 Å². The number of carboxylic acids is 1. The van der Waals surface area contributed by atoms with Crippen LogP contribution in [0.15, 0.2) is 0 Å². The minimum absolute atomic E-state index is 0.251. The smallest absolute Gasteiger partial charge is 0.303 e. The van der Waals surface area contributed by atoms with E-state index in [1.54, 1.807) is 0 Å². The van der Waals surface area contributed by atoms with E-state index >= 15 is 0 Å². The SMILES string of the molecule is O=C(O)CC1CCC2(CC1)OOC1(O2)C2CC3CC4CC1CC34C2. The van der Waals surface area contributed by atoms with Crippen LogP contribution in [-0.4, -0.2) is 22.7 Å². The van der Waals surface area contributed by atoms with Crippen molar-refractivity contribution in [2.45, 2.75) is 75.8 Å². The molecule has 0 aromatic carbocycles. The lowest BCUT2D eigenvalue weighted by molar-refractivity contribution is -0.375. The van der Waals surface area contributed by atoms with E-state index in [0.717, 1.165) is 37.5 Å². The fourth-order valence-electron chi connectivity index (χ4n) is 7.64. The van der Waals surface area contributed by atoms with Crippen LogP contribution in [0, 0.1) is 35.0 Å². The van der Waals surface area contributed by atoms with Crippen LogP contribution in [0.1, 0.15) is 64.2 Å². The van der Waals surface area contributed by atoms with Crippen LogP contribution in [0.5, 0.6) is 0 Å². The van der Waals surface area contributed by atoms with Crippen LogP contribution in [0.3, 0.4) is 0 Å². The molecule has 1 aliphatic heterocycles. The van der Waals surface area contributed by atoms with Gasteiger partial charge in [-0.25, -0.2) is 0 Å². The van der Waals surface area contributed by atoms with Gasteiger partial charge in [-0.15, -0.1) is 0 Å². The van der Waals surface area contributed by atoms with Crippen LogP contribution in [0.4, 0.5) is 0 Å². The lowest BCUT2D eigenvalue weighted by Crippen LogP contribution is -2.50. The molecule has 4 atom stereocenters. The fourth-order valence-corrected chi connectivity index (χ4v) is 7.64. The van der Waals surface area contributed by atoms with Crippen molar-refractivity contribution in [1.82, 2.24) is 0 Å². The molecule has 3 bridgehead atoms. The van der Waals surface area contributed by atoms with Gasteiger partial charge in [0.25, 0.3) is 0 Å². The summed E-state index contributed by atoms with van der Waals surface area (Å²) >= 11 is 0. The Labute approximate surface area is 141 Å². The first-order chi connectivity index (χ1) is 11.5. The van der Waals surface area contributed by atoms with Crippen molar-refractivity contribution >= 4 is 5.97 Å². The molecule has 24 heavy (non-hydrogen) atoms. The van der Waals surface area contributed by atoms with Crippen LogP contribution in [0.2, 0.25) is 0 Å². The van der Waals surface area contributed by atoms with Crippen LogP contribution < -0.4 is 0 Å². The number of carbonyl (C=O) groups is 1. The molecule has 5 saturated carbocycles. The van der Waals surface area contributed by atoms with Crippen LogP contribution in [0.25, 0.3) is 0 Å². The van der Waals surface area contributed by atoms with E-state index in [9.17, 15) is 4.79 Å². The third-order valence-electron chi connectivity index (χ3n) is 8.72. The highest BCUT2D eigenvalue weighted by molar-refractivity contribution is 5.67. The van der Waals surface area contributed by atoms with E-state index in [1.807, 2.05) is 0 Å². The molecule has 1 N–H and O–H groups in total. The highest BCUT2D eigenvalue weighted by Crippen LogP contribution is 2.79. The predicted octanol–water partition coefficient (Wildman–Crippen LogP) is 3.48. The number of ether oxygens (including phenoxy) is 1. The molecule has 5 heteroatoms. The number of aliphatic carboxylic acids is 1. The molecule has 0 aromatic rings. The lowest BCUT2D eigenvalue weighted by Gasteiger charge is -2.49. The first-order valence-electron chi connectivity index (χ1n) is 9.82. The summed E-state index contributed by atoms with van der Waals surface area (Å²) in [5, 5.41) is 9.00. The molecule has 4 unspecified atom stereocenters. The largest absolute Gasteiger partial charge is 0.481 e. The maximum absolute atomic E-state index is 10.9. The van der Waals surface area contributed by atoms with Gasteiger partial charge >= 0.3 is 5.97 Å². The molecule has 5 nitrogen and oxygen atoms in total. The van der Waals surface area contributed by atoms with E-state index in [4.69, 9.17) is 19.6 Å². The third-order valence-corrected chi connectivity index (χ3v) is 8.72. The summed E-state index contributed by atoms with van der Waals surface area (Å²) in [6.45, 7) is 0. The summed E-state index contributed by atoms with van der Waals surface area (Å²) in [5.74, 6) is 1.28. The zero-order valence-corrected chi connectivity index (χ0v) is 14.0. The van der Waals surface area contributed by atoms with Crippen molar-refractivity contribution in [3.8, 4) is 0 Å². The highest BCUT2D eigenvalue weighted by Gasteiger charge is 2.77. The van der Waals surface area contributed by atoms with Gasteiger partial charge in [0, 0.05) is 31.1 Å². The maximum Gasteiger partial charge on any atom is 0.303 e. The first-order valence-corrected chi connectivity index (χ1v) is 9.82. The zero-order chi connectivity index (χ0) is 16.2. The normalized spacial score (nSPS) is 59.9. The van der Waals surface area contributed by atoms with E-state index in [-0.39, 0.29) is 12.3 Å². The van der Waals surface area contributed by atoms with Crippen molar-refractivity contribution < 1.29 is 24.4 Å². The Morgan fingerprint density at radius 1 is 0.958 bits per heavy atom. The Bertz CT molecular complexity index is 569. The summed E-state index contributed by atoms with van der Waals surface area (Å²) < 4.78 is 6.71. The summed E-state index contributed by atoms with van der Waals surface area (Å²) in [5.41, 5.74) is 0.641. The van der Waals surface area contributed by atoms with Gasteiger partial charge in [-0.05, 0) is 68.1 Å². The van der Waals surface area contributed by atoms with Crippen molar-refractivity contribution in [3.63, 3.8) is 0 Å². The molecule has 6 fully saturated rings. The standard InChI is InChI=1S/C19H26O5/c20-16(21)5-11-1-3-18(4-2-11)22-19(24-23-18)14-7-12-6-13-8-15(19)10-17(12,13)9-14/h11-15H,1-10H2,(H,20,21). The first kappa shape index (κ1) is 14.5. The second kappa shape index (κ2) is 4.36. The molecule has 132 valence electrons. The lowest BCUT2D eigenvalue weighted by atomic mass is 9.56. The second-order valence-electron chi connectivity index (χ2n) is 9.58. The molecule has 5 aliphatic carbocycles. The summed E-state index contributed by atoms with van der Waals surface area (Å²) in [6.07, 6.45) is 10.0. The van der Waals surface area contributed by atoms with Gasteiger partial charge in [-0.1, -0.05) is 0 Å². The van der Waals surface area contributed by atoms with Crippen molar-refractivity contribution in [2.24, 2.45) is 35.0 Å². The van der Waals surface area contributed by atoms with Gasteiger partial charge < -0.3 is 9.84 Å². The topological polar surface area (TPSA) is 65.0 Å². The molecule has 6 aliphatic rings. The van der Waals surface area contributed by atoms with Gasteiger partial charge in [-0.3, -0.25) is 4.79 Å². The summed E-state index contributed by atoms with van der Waals surface area (Å²) in [6, 6.07) is 0. The van der Waals surface area contributed by atoms with Gasteiger partial charge in [0.05, 0.1) is 0 Å². The Hall–Kier alpha value is -0.650. The molecular weight excluding hydrogens is 308 g/mol. The Morgan fingerprint density at radius 2 is 1.58 bits per heavy atom. The molecule has 6 rings (SSSR count). The van der Waals surface area contributed by atoms with E-state index in [2.05, 4.69) is 0 Å². The minimum Gasteiger partial charge on any atom is -0.481 e. The number of carboxylic acid groups (broad SMARTS) is 1. The average molecular weight is 334 g/mol. The zero-order valence-electron chi connectivity index (χ0n) is 14.0. The molecule has 0 radical (unpaired) electrons. The number of rotatable bonds is 2. The third kappa shape index (κ3) is 1.60. The fraction of sp³-hybridized carbons (Fsp3) is 0.947. The number of hydrogen-bond donors (Lipinski definition) is 1. The number of fused-ring (bicyclic) bond motifs is 4.